The molecule has 4 N–H and O–H groups in total. The van der Waals surface area contributed by atoms with E-state index < -0.39 is 34.3 Å². The van der Waals surface area contributed by atoms with Crippen LogP contribution in [0.2, 0.25) is 0 Å². The van der Waals surface area contributed by atoms with E-state index in [9.17, 15) is 29.4 Å². The Bertz CT molecular complexity index is 2130. The van der Waals surface area contributed by atoms with Gasteiger partial charge in [-0.1, -0.05) is 48.5 Å². The molecule has 0 bridgehead atoms. The van der Waals surface area contributed by atoms with Gasteiger partial charge in [0.05, 0.1) is 18.5 Å². The number of H-pyrrole nitrogens is 2. The lowest BCUT2D eigenvalue weighted by Crippen LogP contribution is -2.30. The van der Waals surface area contributed by atoms with Crippen molar-refractivity contribution in [3.63, 3.8) is 0 Å². The number of para-hydroxylation sites is 2. The van der Waals surface area contributed by atoms with E-state index in [2.05, 4.69) is 15.7 Å². The van der Waals surface area contributed by atoms with Crippen LogP contribution in [0.15, 0.2) is 116 Å². The largest absolute Gasteiger partial charge is 0.497 e. The Morgan fingerprint density at radius 1 is 0.721 bits per heavy atom. The number of nitrogens with zero attached hydrogens (tertiary/aromatic N) is 2. The summed E-state index contributed by atoms with van der Waals surface area (Å²) in [5.41, 5.74) is 0.714. The summed E-state index contributed by atoms with van der Waals surface area (Å²) >= 11 is 0. The zero-order chi connectivity index (χ0) is 30.5. The molecular weight excluding hydrogens is 552 g/mol. The van der Waals surface area contributed by atoms with Crippen LogP contribution in [0.25, 0.3) is 29.1 Å². The number of hydrogen-bond donors (Lipinski definition) is 4. The fraction of sp³-hybridized carbons (Fsp3) is 0.0312. The summed E-state index contributed by atoms with van der Waals surface area (Å²) in [6.45, 7) is 0. The predicted molar refractivity (Wildman–Crippen MR) is 162 cm³/mol. The molecule has 2 aromatic heterocycles. The predicted octanol–water partition coefficient (Wildman–Crippen LogP) is 3.19. The van der Waals surface area contributed by atoms with E-state index in [1.54, 1.807) is 84.9 Å². The van der Waals surface area contributed by atoms with E-state index in [-0.39, 0.29) is 11.1 Å². The van der Waals surface area contributed by atoms with Crippen LogP contribution in [0, 0.1) is 0 Å². The SMILES string of the molecule is COc1ccc(C(=C=Cc2c(O)n(-c3ccccc3)c(=O)[nH]c2=O)C=Cc2c(O)n(-c3ccccc3)c(=O)[nH]c2=O)cc1. The van der Waals surface area contributed by atoms with Gasteiger partial charge in [0.25, 0.3) is 11.1 Å². The van der Waals surface area contributed by atoms with E-state index in [1.165, 1.54) is 25.3 Å². The second-order valence-electron chi connectivity index (χ2n) is 9.10. The van der Waals surface area contributed by atoms with Gasteiger partial charge >= 0.3 is 11.4 Å². The van der Waals surface area contributed by atoms with Crippen LogP contribution in [0.1, 0.15) is 16.7 Å². The summed E-state index contributed by atoms with van der Waals surface area (Å²) in [5.74, 6) is -0.614. The summed E-state index contributed by atoms with van der Waals surface area (Å²) in [6, 6.07) is 23.3. The molecule has 0 aliphatic rings. The van der Waals surface area contributed by atoms with Crippen molar-refractivity contribution in [3.05, 3.63) is 155 Å². The minimum Gasteiger partial charge on any atom is -0.497 e. The van der Waals surface area contributed by atoms with Gasteiger partial charge in [0.15, 0.2) is 0 Å². The van der Waals surface area contributed by atoms with E-state index in [4.69, 9.17) is 4.74 Å². The zero-order valence-corrected chi connectivity index (χ0v) is 22.6. The fourth-order valence-electron chi connectivity index (χ4n) is 4.31. The molecule has 43 heavy (non-hydrogen) atoms. The highest BCUT2D eigenvalue weighted by Crippen LogP contribution is 2.23. The number of nitrogens with one attached hydrogen (secondary N) is 2. The smallest absolute Gasteiger partial charge is 0.335 e. The molecule has 0 saturated heterocycles. The highest BCUT2D eigenvalue weighted by atomic mass is 16.5. The molecule has 0 spiro atoms. The molecule has 3 aromatic carbocycles. The number of allylic oxidation sites excluding steroid dienone is 2. The summed E-state index contributed by atoms with van der Waals surface area (Å²) in [5, 5.41) is 21.8. The van der Waals surface area contributed by atoms with Crippen LogP contribution >= 0.6 is 0 Å². The number of aromatic amines is 2. The normalized spacial score (nSPS) is 10.8. The van der Waals surface area contributed by atoms with Gasteiger partial charge in [0.2, 0.25) is 11.8 Å². The van der Waals surface area contributed by atoms with Crippen molar-refractivity contribution in [1.29, 1.82) is 0 Å². The van der Waals surface area contributed by atoms with Crippen molar-refractivity contribution in [2.24, 2.45) is 0 Å². The first-order valence-electron chi connectivity index (χ1n) is 12.8. The Balaban J connectivity index is 1.69. The van der Waals surface area contributed by atoms with Gasteiger partial charge in [0, 0.05) is 5.57 Å². The number of aromatic nitrogens is 4. The van der Waals surface area contributed by atoms with Crippen LogP contribution < -0.4 is 27.2 Å². The van der Waals surface area contributed by atoms with Crippen LogP contribution in [0.4, 0.5) is 0 Å². The topological polar surface area (TPSA) is 159 Å². The quantitative estimate of drug-likeness (QED) is 0.171. The number of benzene rings is 3. The van der Waals surface area contributed by atoms with Gasteiger partial charge < -0.3 is 14.9 Å². The van der Waals surface area contributed by atoms with Crippen molar-refractivity contribution < 1.29 is 14.9 Å². The van der Waals surface area contributed by atoms with Gasteiger partial charge in [-0.2, -0.15) is 0 Å². The molecule has 0 saturated carbocycles. The molecule has 0 amide bonds. The molecule has 0 aliphatic carbocycles. The second-order valence-corrected chi connectivity index (χ2v) is 9.10. The average Bonchev–Trinajstić information content (AvgIpc) is 3.00. The standard InChI is InChI=1S/C32H24N4O7/c1-43-24-16-12-20(13-17-24)21(14-18-25-27(37)33-31(41)35(29(25)39)22-8-4-2-5-9-22)15-19-26-28(38)34-32(42)36(30(26)40)23-10-6-3-7-11-23/h2-14,16-19,39-40H,1H3,(H,33,37,41)(H,34,38,42). The molecule has 11 heteroatoms. The molecule has 0 radical (unpaired) electrons. The number of aromatic hydroxyl groups is 2. The molecule has 5 aromatic rings. The van der Waals surface area contributed by atoms with Crippen molar-refractivity contribution >= 4 is 17.7 Å². The lowest BCUT2D eigenvalue weighted by molar-refractivity contribution is 0.415. The van der Waals surface area contributed by atoms with E-state index in [0.717, 1.165) is 9.13 Å². The second kappa shape index (κ2) is 12.0. The molecule has 0 fully saturated rings. The first kappa shape index (κ1) is 28.2. The molecule has 0 aliphatic heterocycles. The number of ether oxygens (including phenoxy) is 1. The lowest BCUT2D eigenvalue weighted by Gasteiger charge is -2.10. The van der Waals surface area contributed by atoms with Crippen LogP contribution in [-0.4, -0.2) is 36.4 Å². The summed E-state index contributed by atoms with van der Waals surface area (Å²) in [4.78, 5) is 54.8. The Labute approximate surface area is 242 Å². The third-order valence-corrected chi connectivity index (χ3v) is 6.46. The van der Waals surface area contributed by atoms with E-state index >= 15 is 0 Å². The Morgan fingerprint density at radius 3 is 1.72 bits per heavy atom. The number of hydrogen-bond acceptors (Lipinski definition) is 7. The maximum atomic E-state index is 12.7. The maximum absolute atomic E-state index is 12.7. The van der Waals surface area contributed by atoms with Gasteiger partial charge in [-0.3, -0.25) is 19.6 Å². The molecular formula is C32H24N4O7. The van der Waals surface area contributed by atoms with Crippen molar-refractivity contribution in [2.75, 3.05) is 7.11 Å². The molecule has 0 unspecified atom stereocenters. The molecule has 214 valence electrons. The third kappa shape index (κ3) is 5.78. The highest BCUT2D eigenvalue weighted by Gasteiger charge is 2.15. The van der Waals surface area contributed by atoms with Gasteiger partial charge in [-0.15, -0.1) is 5.73 Å². The molecule has 2 heterocycles. The molecule has 11 nitrogen and oxygen atoms in total. The average molecular weight is 577 g/mol. The first-order chi connectivity index (χ1) is 20.8. The van der Waals surface area contributed by atoms with Gasteiger partial charge in [-0.05, 0) is 60.2 Å². The number of methoxy groups -OCH3 is 1. The van der Waals surface area contributed by atoms with Crippen LogP contribution in [-0.2, 0) is 0 Å². The highest BCUT2D eigenvalue weighted by molar-refractivity contribution is 5.81. The van der Waals surface area contributed by atoms with Gasteiger partial charge in [-0.25, -0.2) is 18.7 Å². The van der Waals surface area contributed by atoms with E-state index in [0.29, 0.717) is 28.3 Å². The Hall–Kier alpha value is -6.32. The first-order valence-corrected chi connectivity index (χ1v) is 12.8. The Kier molecular flexibility index (Phi) is 7.91. The minimum absolute atomic E-state index is 0.213. The lowest BCUT2D eigenvalue weighted by atomic mass is 10.0. The number of rotatable bonds is 7. The molecule has 0 atom stereocenters. The maximum Gasteiger partial charge on any atom is 0.335 e. The summed E-state index contributed by atoms with van der Waals surface area (Å²) in [7, 11) is 1.51. The van der Waals surface area contributed by atoms with Crippen LogP contribution in [0.5, 0.6) is 17.5 Å². The zero-order valence-electron chi connectivity index (χ0n) is 22.6. The van der Waals surface area contributed by atoms with Crippen molar-refractivity contribution in [1.82, 2.24) is 19.1 Å². The molecule has 5 rings (SSSR count). The van der Waals surface area contributed by atoms with E-state index in [1.807, 2.05) is 0 Å². The third-order valence-electron chi connectivity index (χ3n) is 6.46. The summed E-state index contributed by atoms with van der Waals surface area (Å²) in [6.07, 6.45) is 3.94. The van der Waals surface area contributed by atoms with Crippen LogP contribution in [0.3, 0.4) is 0 Å². The summed E-state index contributed by atoms with van der Waals surface area (Å²) < 4.78 is 7.13. The van der Waals surface area contributed by atoms with Crippen molar-refractivity contribution in [2.45, 2.75) is 0 Å². The Morgan fingerprint density at radius 2 is 1.21 bits per heavy atom. The monoisotopic (exact) mass is 576 g/mol. The van der Waals surface area contributed by atoms with Gasteiger partial charge in [0.1, 0.15) is 16.9 Å². The van der Waals surface area contributed by atoms with Crippen molar-refractivity contribution in [3.8, 4) is 28.9 Å². The fourth-order valence-corrected chi connectivity index (χ4v) is 4.31. The minimum atomic E-state index is -0.843.